The fourth-order valence-corrected chi connectivity index (χ4v) is 10.3. The molecule has 0 aromatic carbocycles. The monoisotopic (exact) mass is 509 g/mol. The molecule has 5 unspecified atom stereocenters. The molecule has 0 saturated carbocycles. The molecule has 3 N–H and O–H groups in total. The number of carbonyl (C=O) groups excluding carboxylic acids is 1. The van der Waals surface area contributed by atoms with Crippen molar-refractivity contribution in [1.82, 2.24) is 26.0 Å². The molecule has 0 aromatic rings. The van der Waals surface area contributed by atoms with Crippen molar-refractivity contribution in [2.45, 2.75) is 114 Å². The zero-order valence-corrected chi connectivity index (χ0v) is 24.0. The molecule has 0 radical (unpaired) electrons. The van der Waals surface area contributed by atoms with Crippen molar-refractivity contribution in [2.24, 2.45) is 5.92 Å². The molecule has 2 bridgehead atoms. The Morgan fingerprint density at radius 2 is 1.94 bits per heavy atom. The molecular weight excluding hydrogens is 462 g/mol. The van der Waals surface area contributed by atoms with Gasteiger partial charge < -0.3 is 4.43 Å². The van der Waals surface area contributed by atoms with E-state index in [0.717, 1.165) is 38.6 Å². The van der Waals surface area contributed by atoms with Gasteiger partial charge >= 0.3 is 0 Å². The Hall–Kier alpha value is -0.423. The van der Waals surface area contributed by atoms with E-state index in [9.17, 15) is 4.79 Å². The number of carbonyl (C=O) groups is 1. The zero-order valence-electron chi connectivity index (χ0n) is 22.2. The van der Waals surface area contributed by atoms with Crippen molar-refractivity contribution < 1.29 is 9.22 Å². The average molecular weight is 510 g/mol. The number of nitrogens with one attached hydrogen (secondary N) is 3. The third-order valence-corrected chi connectivity index (χ3v) is 14.5. The highest BCUT2D eigenvalue weighted by Crippen LogP contribution is 2.39. The van der Waals surface area contributed by atoms with Gasteiger partial charge in [-0.05, 0) is 70.3 Å². The molecule has 194 valence electrons. The summed E-state index contributed by atoms with van der Waals surface area (Å²) in [5.41, 5.74) is 1.25. The third-order valence-electron chi connectivity index (χ3n) is 8.93. The van der Waals surface area contributed by atoms with E-state index in [2.05, 4.69) is 67.9 Å². The van der Waals surface area contributed by atoms with E-state index in [1.807, 2.05) is 5.01 Å². The normalized spacial score (nSPS) is 39.1. The van der Waals surface area contributed by atoms with Crippen LogP contribution in [0.3, 0.4) is 0 Å². The van der Waals surface area contributed by atoms with Gasteiger partial charge in [0.05, 0.1) is 30.4 Å². The largest absolute Gasteiger partial charge is 0.410 e. The van der Waals surface area contributed by atoms with E-state index in [4.69, 9.17) is 4.43 Å². The first kappa shape index (κ1) is 26.6. The van der Waals surface area contributed by atoms with Gasteiger partial charge in [-0.2, -0.15) is 5.01 Å². The van der Waals surface area contributed by atoms with Gasteiger partial charge in [-0.25, -0.2) is 0 Å². The average Bonchev–Trinajstić information content (AvgIpc) is 3.12. The summed E-state index contributed by atoms with van der Waals surface area (Å²) in [7, 11) is -1.77. The van der Waals surface area contributed by atoms with Crippen LogP contribution in [0.1, 0.15) is 66.7 Å². The van der Waals surface area contributed by atoms with Crippen molar-refractivity contribution in [3.8, 4) is 0 Å². The number of allylic oxidation sites excluding steroid dienone is 1. The number of nitrogens with zero attached hydrogens (tertiary/aromatic N) is 2. The number of piperidine rings is 1. The predicted octanol–water partition coefficient (Wildman–Crippen LogP) is 3.82. The smallest absolute Gasteiger partial charge is 0.244 e. The number of fused-ring (bicyclic) bond motifs is 6. The van der Waals surface area contributed by atoms with Crippen molar-refractivity contribution in [2.75, 3.05) is 19.3 Å². The third kappa shape index (κ3) is 5.03. The summed E-state index contributed by atoms with van der Waals surface area (Å²) < 4.78 is 7.30. The molecule has 3 fully saturated rings. The molecule has 4 rings (SSSR count). The van der Waals surface area contributed by atoms with Crippen molar-refractivity contribution in [1.29, 1.82) is 0 Å². The number of hydrogen-bond acceptors (Lipinski definition) is 7. The minimum absolute atomic E-state index is 0.0265. The second-order valence-electron chi connectivity index (χ2n) is 10.9. The lowest BCUT2D eigenvalue weighted by molar-refractivity contribution is -0.146. The van der Waals surface area contributed by atoms with E-state index in [-0.39, 0.29) is 35.3 Å². The molecule has 4 aliphatic heterocycles. The molecule has 0 spiro atoms. The molecule has 7 nitrogen and oxygen atoms in total. The lowest BCUT2D eigenvalue weighted by Gasteiger charge is -2.50. The van der Waals surface area contributed by atoms with E-state index in [1.54, 1.807) is 11.8 Å². The highest BCUT2D eigenvalue weighted by atomic mass is 32.2. The Labute approximate surface area is 212 Å². The summed E-state index contributed by atoms with van der Waals surface area (Å²) in [6, 6.07) is 3.81. The second kappa shape index (κ2) is 10.9. The summed E-state index contributed by atoms with van der Waals surface area (Å²) in [6.07, 6.45) is 10.0. The Bertz CT molecular complexity index is 757. The molecule has 0 aromatic heterocycles. The quantitative estimate of drug-likeness (QED) is 0.371. The first-order valence-corrected chi connectivity index (χ1v) is 17.3. The van der Waals surface area contributed by atoms with Gasteiger partial charge in [0.1, 0.15) is 5.50 Å². The lowest BCUT2D eigenvalue weighted by atomic mass is 9.85. The number of amides is 1. The van der Waals surface area contributed by atoms with Crippen LogP contribution in [0.15, 0.2) is 11.6 Å². The van der Waals surface area contributed by atoms with Gasteiger partial charge in [0.2, 0.25) is 5.91 Å². The molecule has 34 heavy (non-hydrogen) atoms. The number of hydrazine groups is 1. The molecular formula is C25H47N5O2SSi. The summed E-state index contributed by atoms with van der Waals surface area (Å²) in [6.45, 7) is 12.9. The maximum absolute atomic E-state index is 13.6. The van der Waals surface area contributed by atoms with Gasteiger partial charge in [-0.3, -0.25) is 25.8 Å². The predicted molar refractivity (Wildman–Crippen MR) is 144 cm³/mol. The SMILES string of the molecule is CC[Si](CC)(CC)O[C@]1(C)CC/C=C(/C)CN2C(=O)C3CNC(SC)NC3N2C2CCCC1N2. The Morgan fingerprint density at radius 3 is 2.62 bits per heavy atom. The number of hydrogen-bond donors (Lipinski definition) is 3. The fourth-order valence-electron chi connectivity index (χ4n) is 6.56. The molecule has 4 aliphatic rings. The molecule has 9 heteroatoms. The van der Waals surface area contributed by atoms with E-state index >= 15 is 0 Å². The van der Waals surface area contributed by atoms with Gasteiger partial charge in [0.15, 0.2) is 8.32 Å². The Balaban J connectivity index is 1.68. The van der Waals surface area contributed by atoms with Crippen molar-refractivity contribution >= 4 is 26.0 Å². The van der Waals surface area contributed by atoms with Crippen LogP contribution in [-0.4, -0.2) is 73.1 Å². The topological polar surface area (TPSA) is 68.9 Å². The van der Waals surface area contributed by atoms with Gasteiger partial charge in [0, 0.05) is 12.6 Å². The maximum Gasteiger partial charge on any atom is 0.244 e. The van der Waals surface area contributed by atoms with Crippen LogP contribution in [0, 0.1) is 5.92 Å². The minimum atomic E-state index is -1.77. The van der Waals surface area contributed by atoms with Crippen molar-refractivity contribution in [3.05, 3.63) is 11.6 Å². The minimum Gasteiger partial charge on any atom is -0.410 e. The van der Waals surface area contributed by atoms with E-state index < -0.39 is 8.32 Å². The van der Waals surface area contributed by atoms with Gasteiger partial charge in [-0.15, -0.1) is 11.8 Å². The maximum atomic E-state index is 13.6. The van der Waals surface area contributed by atoms with Crippen LogP contribution in [-0.2, 0) is 9.22 Å². The lowest BCUT2D eigenvalue weighted by Crippen LogP contribution is -2.68. The standard InChI is InChI=1S/C25H47N5O2SSi/c1-7-34(8-2,9-3)32-25(5)15-11-12-18(4)17-29-23(31)19-16-26-24(33-6)28-22(19)30(29)21-14-10-13-20(25)27-21/h12,19-22,24,26-28H,7-11,13-17H2,1-6H3/b18-12-/t19?,20?,21?,22?,24?,25-/m1/s1. The van der Waals surface area contributed by atoms with Crippen LogP contribution < -0.4 is 16.0 Å². The summed E-state index contributed by atoms with van der Waals surface area (Å²) in [5, 5.41) is 15.7. The van der Waals surface area contributed by atoms with Crippen LogP contribution in [0.25, 0.3) is 0 Å². The Morgan fingerprint density at radius 1 is 1.21 bits per heavy atom. The molecule has 3 saturated heterocycles. The van der Waals surface area contributed by atoms with Crippen LogP contribution in [0.2, 0.25) is 18.1 Å². The summed E-state index contributed by atoms with van der Waals surface area (Å²) in [4.78, 5) is 13.6. The fraction of sp³-hybridized carbons (Fsp3) is 0.880. The van der Waals surface area contributed by atoms with Crippen LogP contribution in [0.4, 0.5) is 0 Å². The molecule has 6 atom stereocenters. The van der Waals surface area contributed by atoms with Crippen LogP contribution >= 0.6 is 11.8 Å². The van der Waals surface area contributed by atoms with Crippen LogP contribution in [0.5, 0.6) is 0 Å². The van der Waals surface area contributed by atoms with Gasteiger partial charge in [0.25, 0.3) is 0 Å². The Kier molecular flexibility index (Phi) is 8.54. The highest BCUT2D eigenvalue weighted by Gasteiger charge is 2.53. The summed E-state index contributed by atoms with van der Waals surface area (Å²) in [5.74, 6) is 0.193. The molecule has 4 heterocycles. The van der Waals surface area contributed by atoms with Crippen molar-refractivity contribution in [3.63, 3.8) is 0 Å². The van der Waals surface area contributed by atoms with Gasteiger partial charge in [-0.1, -0.05) is 32.4 Å². The second-order valence-corrected chi connectivity index (χ2v) is 16.6. The van der Waals surface area contributed by atoms with E-state index in [1.165, 1.54) is 23.7 Å². The molecule has 1 amide bonds. The first-order chi connectivity index (χ1) is 16.3. The van der Waals surface area contributed by atoms with E-state index in [0.29, 0.717) is 12.6 Å². The highest BCUT2D eigenvalue weighted by molar-refractivity contribution is 7.99. The number of rotatable bonds is 6. The first-order valence-electron chi connectivity index (χ1n) is 13.5. The zero-order chi connectivity index (χ0) is 24.5. The number of thioether (sulfide) groups is 1. The summed E-state index contributed by atoms with van der Waals surface area (Å²) >= 11 is 1.77. The molecule has 0 aliphatic carbocycles.